The predicted molar refractivity (Wildman–Crippen MR) is 70.9 cm³/mol. The second kappa shape index (κ2) is 5.12. The lowest BCUT2D eigenvalue weighted by molar-refractivity contribution is -0.386. The molecule has 0 amide bonds. The van der Waals surface area contributed by atoms with E-state index in [2.05, 4.69) is 5.10 Å². The van der Waals surface area contributed by atoms with Crippen LogP contribution in [0.1, 0.15) is 27.3 Å². The van der Waals surface area contributed by atoms with Gasteiger partial charge in [-0.05, 0) is 31.5 Å². The maximum atomic E-state index is 10.9. The van der Waals surface area contributed by atoms with Crippen molar-refractivity contribution in [3.63, 3.8) is 0 Å². The maximum absolute atomic E-state index is 10.9. The fourth-order valence-corrected chi connectivity index (χ4v) is 2.03. The molecule has 2 rings (SSSR count). The van der Waals surface area contributed by atoms with Crippen molar-refractivity contribution >= 4 is 11.7 Å². The van der Waals surface area contributed by atoms with Gasteiger partial charge in [-0.2, -0.15) is 5.10 Å². The summed E-state index contributed by atoms with van der Waals surface area (Å²) in [5.74, 6) is -0.988. The number of aryl methyl sites for hydroxylation is 1. The Balaban J connectivity index is 2.28. The largest absolute Gasteiger partial charge is 0.478 e. The van der Waals surface area contributed by atoms with Crippen molar-refractivity contribution in [3.8, 4) is 0 Å². The Kier molecular flexibility index (Phi) is 3.51. The standard InChI is InChI=1S/C13H13N3O4/c1-8-12(16(19)20)9(2)15(14-8)7-10-3-5-11(6-4-10)13(17)18/h3-6H,7H2,1-2H3,(H,17,18). The SMILES string of the molecule is Cc1nn(Cc2ccc(C(=O)O)cc2)c(C)c1[N+](=O)[O-]. The molecule has 0 fully saturated rings. The smallest absolute Gasteiger partial charge is 0.335 e. The zero-order valence-corrected chi connectivity index (χ0v) is 11.0. The minimum Gasteiger partial charge on any atom is -0.478 e. The highest BCUT2D eigenvalue weighted by atomic mass is 16.6. The van der Waals surface area contributed by atoms with Crippen molar-refractivity contribution in [2.75, 3.05) is 0 Å². The summed E-state index contributed by atoms with van der Waals surface area (Å²) in [6, 6.07) is 6.34. The normalized spacial score (nSPS) is 10.5. The van der Waals surface area contributed by atoms with Gasteiger partial charge < -0.3 is 5.11 Å². The van der Waals surface area contributed by atoms with E-state index < -0.39 is 10.9 Å². The van der Waals surface area contributed by atoms with Crippen molar-refractivity contribution in [1.29, 1.82) is 0 Å². The first-order chi connectivity index (χ1) is 9.40. The highest BCUT2D eigenvalue weighted by Gasteiger charge is 2.21. The average molecular weight is 275 g/mol. The van der Waals surface area contributed by atoms with Crippen molar-refractivity contribution < 1.29 is 14.8 Å². The maximum Gasteiger partial charge on any atom is 0.335 e. The molecule has 1 N–H and O–H groups in total. The number of nitrogens with zero attached hydrogens (tertiary/aromatic N) is 3. The van der Waals surface area contributed by atoms with Crippen LogP contribution < -0.4 is 0 Å². The summed E-state index contributed by atoms with van der Waals surface area (Å²) in [4.78, 5) is 21.2. The minimum absolute atomic E-state index is 0.0205. The van der Waals surface area contributed by atoms with Gasteiger partial charge in [0.1, 0.15) is 11.4 Å². The molecule has 0 aliphatic heterocycles. The summed E-state index contributed by atoms with van der Waals surface area (Å²) in [5.41, 5.74) is 1.90. The number of hydrogen-bond donors (Lipinski definition) is 1. The molecule has 0 unspecified atom stereocenters. The molecule has 0 bridgehead atoms. The highest BCUT2D eigenvalue weighted by Crippen LogP contribution is 2.22. The first-order valence-electron chi connectivity index (χ1n) is 5.90. The number of carboxylic acids is 1. The van der Waals surface area contributed by atoms with Crippen LogP contribution in [0.3, 0.4) is 0 Å². The quantitative estimate of drug-likeness (QED) is 0.681. The summed E-state index contributed by atoms with van der Waals surface area (Å²) in [6.07, 6.45) is 0. The highest BCUT2D eigenvalue weighted by molar-refractivity contribution is 5.87. The van der Waals surface area contributed by atoms with E-state index in [0.29, 0.717) is 17.9 Å². The Labute approximate surface area is 114 Å². The predicted octanol–water partition coefficient (Wildman–Crippen LogP) is 2.15. The van der Waals surface area contributed by atoms with Gasteiger partial charge in [-0.25, -0.2) is 4.79 Å². The Morgan fingerprint density at radius 3 is 2.40 bits per heavy atom. The lowest BCUT2D eigenvalue weighted by atomic mass is 10.1. The summed E-state index contributed by atoms with van der Waals surface area (Å²) in [5, 5.41) is 23.9. The molecule has 0 aliphatic rings. The van der Waals surface area contributed by atoms with Gasteiger partial charge in [-0.15, -0.1) is 0 Å². The van der Waals surface area contributed by atoms with E-state index in [0.717, 1.165) is 5.56 Å². The Hall–Kier alpha value is -2.70. The third kappa shape index (κ3) is 2.51. The van der Waals surface area contributed by atoms with E-state index in [4.69, 9.17) is 5.11 Å². The van der Waals surface area contributed by atoms with E-state index in [-0.39, 0.29) is 11.3 Å². The van der Waals surface area contributed by atoms with E-state index in [1.807, 2.05) is 0 Å². The van der Waals surface area contributed by atoms with Gasteiger partial charge in [-0.1, -0.05) is 12.1 Å². The molecular weight excluding hydrogens is 262 g/mol. The molecule has 0 spiro atoms. The Morgan fingerprint density at radius 1 is 1.35 bits per heavy atom. The van der Waals surface area contributed by atoms with Crippen molar-refractivity contribution in [1.82, 2.24) is 9.78 Å². The average Bonchev–Trinajstić information content (AvgIpc) is 2.65. The summed E-state index contributed by atoms with van der Waals surface area (Å²) >= 11 is 0. The van der Waals surface area contributed by atoms with Crippen LogP contribution in [0.15, 0.2) is 24.3 Å². The molecule has 2 aromatic rings. The summed E-state index contributed by atoms with van der Waals surface area (Å²) in [7, 11) is 0. The molecule has 1 aromatic heterocycles. The molecule has 7 heteroatoms. The van der Waals surface area contributed by atoms with E-state index >= 15 is 0 Å². The summed E-state index contributed by atoms with van der Waals surface area (Å²) in [6.45, 7) is 3.60. The number of benzene rings is 1. The number of carbonyl (C=O) groups is 1. The first-order valence-corrected chi connectivity index (χ1v) is 5.90. The van der Waals surface area contributed by atoms with E-state index in [1.54, 1.807) is 30.7 Å². The van der Waals surface area contributed by atoms with Crippen LogP contribution >= 0.6 is 0 Å². The summed E-state index contributed by atoms with van der Waals surface area (Å²) < 4.78 is 1.54. The van der Waals surface area contributed by atoms with Crippen LogP contribution in [0.25, 0.3) is 0 Å². The minimum atomic E-state index is -0.988. The van der Waals surface area contributed by atoms with Crippen LogP contribution in [-0.2, 0) is 6.54 Å². The number of rotatable bonds is 4. The molecule has 0 saturated carbocycles. The molecule has 1 heterocycles. The fraction of sp³-hybridized carbons (Fsp3) is 0.231. The second-order valence-corrected chi connectivity index (χ2v) is 4.44. The Morgan fingerprint density at radius 2 is 1.95 bits per heavy atom. The van der Waals surface area contributed by atoms with Crippen LogP contribution in [0.2, 0.25) is 0 Å². The van der Waals surface area contributed by atoms with Crippen molar-refractivity contribution in [2.24, 2.45) is 0 Å². The number of aromatic nitrogens is 2. The zero-order valence-electron chi connectivity index (χ0n) is 11.0. The van der Waals surface area contributed by atoms with Crippen LogP contribution in [0.5, 0.6) is 0 Å². The van der Waals surface area contributed by atoms with Gasteiger partial charge in [0.15, 0.2) is 0 Å². The number of hydrogen-bond acceptors (Lipinski definition) is 4. The second-order valence-electron chi connectivity index (χ2n) is 4.44. The van der Waals surface area contributed by atoms with Crippen LogP contribution in [0.4, 0.5) is 5.69 Å². The fourth-order valence-electron chi connectivity index (χ4n) is 2.03. The van der Waals surface area contributed by atoms with Crippen molar-refractivity contribution in [2.45, 2.75) is 20.4 Å². The van der Waals surface area contributed by atoms with Gasteiger partial charge in [0.05, 0.1) is 17.0 Å². The number of aromatic carboxylic acids is 1. The van der Waals surface area contributed by atoms with Crippen LogP contribution in [-0.4, -0.2) is 25.8 Å². The van der Waals surface area contributed by atoms with Gasteiger partial charge in [-0.3, -0.25) is 14.8 Å². The molecular formula is C13H13N3O4. The molecule has 1 aromatic carbocycles. The van der Waals surface area contributed by atoms with Gasteiger partial charge >= 0.3 is 11.7 Å². The first kappa shape index (κ1) is 13.7. The van der Waals surface area contributed by atoms with Gasteiger partial charge in [0, 0.05) is 0 Å². The van der Waals surface area contributed by atoms with Crippen LogP contribution in [0, 0.1) is 24.0 Å². The molecule has 104 valence electrons. The Bertz CT molecular complexity index is 674. The van der Waals surface area contributed by atoms with E-state index in [1.165, 1.54) is 12.1 Å². The zero-order chi connectivity index (χ0) is 14.9. The van der Waals surface area contributed by atoms with Gasteiger partial charge in [0.25, 0.3) is 0 Å². The molecule has 20 heavy (non-hydrogen) atoms. The third-order valence-electron chi connectivity index (χ3n) is 3.06. The molecule has 0 radical (unpaired) electrons. The van der Waals surface area contributed by atoms with E-state index in [9.17, 15) is 14.9 Å². The third-order valence-corrected chi connectivity index (χ3v) is 3.06. The number of carboxylic acid groups (broad SMARTS) is 1. The molecule has 0 saturated heterocycles. The van der Waals surface area contributed by atoms with Gasteiger partial charge in [0.2, 0.25) is 0 Å². The molecule has 0 aliphatic carbocycles. The molecule has 7 nitrogen and oxygen atoms in total. The lowest BCUT2D eigenvalue weighted by Gasteiger charge is -2.04. The lowest BCUT2D eigenvalue weighted by Crippen LogP contribution is -2.05. The number of nitro groups is 1. The topological polar surface area (TPSA) is 98.3 Å². The van der Waals surface area contributed by atoms with Crippen molar-refractivity contribution in [3.05, 3.63) is 56.9 Å². The monoisotopic (exact) mass is 275 g/mol. The molecule has 0 atom stereocenters.